The molecule has 0 saturated heterocycles. The average molecular weight is 291 g/mol. The molecule has 2 saturated carbocycles. The van der Waals surface area contributed by atoms with E-state index in [4.69, 9.17) is 0 Å². The first kappa shape index (κ1) is 17.1. The van der Waals surface area contributed by atoms with Gasteiger partial charge in [-0.1, -0.05) is 65.5 Å². The summed E-state index contributed by atoms with van der Waals surface area (Å²) < 4.78 is 0. The van der Waals surface area contributed by atoms with Crippen LogP contribution in [-0.4, -0.2) is 0 Å². The van der Waals surface area contributed by atoms with Gasteiger partial charge in [-0.15, -0.1) is 0 Å². The van der Waals surface area contributed by atoms with Gasteiger partial charge in [-0.05, 0) is 67.6 Å². The SMILES string of the molecule is CC/C=C1\CCC[C@]2(C)C([C@H](C)CCCC(C)C)CC[C@@H]12. The fraction of sp³-hybridized carbons (Fsp3) is 0.905. The van der Waals surface area contributed by atoms with E-state index in [2.05, 4.69) is 40.7 Å². The molecule has 0 nitrogen and oxygen atoms in total. The predicted octanol–water partition coefficient (Wildman–Crippen LogP) is 7.00. The minimum Gasteiger partial charge on any atom is -0.0853 e. The minimum absolute atomic E-state index is 0.622. The first-order valence-electron chi connectivity index (χ1n) is 9.68. The van der Waals surface area contributed by atoms with Crippen LogP contribution in [0.4, 0.5) is 0 Å². The van der Waals surface area contributed by atoms with E-state index in [-0.39, 0.29) is 0 Å². The molecule has 0 bridgehead atoms. The third kappa shape index (κ3) is 3.74. The van der Waals surface area contributed by atoms with Crippen LogP contribution in [0.3, 0.4) is 0 Å². The highest BCUT2D eigenvalue weighted by atomic mass is 14.5. The molecule has 0 N–H and O–H groups in total. The molecular formula is C21H38. The molecule has 2 rings (SSSR count). The molecule has 0 spiro atoms. The van der Waals surface area contributed by atoms with Crippen molar-refractivity contribution >= 4 is 0 Å². The molecule has 2 fully saturated rings. The molecule has 0 aromatic heterocycles. The Morgan fingerprint density at radius 1 is 1.19 bits per heavy atom. The van der Waals surface area contributed by atoms with E-state index in [1.54, 1.807) is 0 Å². The molecule has 1 unspecified atom stereocenters. The number of hydrogen-bond donors (Lipinski definition) is 0. The Bertz CT molecular complexity index is 351. The number of rotatable bonds is 6. The van der Waals surface area contributed by atoms with Gasteiger partial charge in [0, 0.05) is 0 Å². The monoisotopic (exact) mass is 290 g/mol. The van der Waals surface area contributed by atoms with Crippen LogP contribution in [-0.2, 0) is 0 Å². The van der Waals surface area contributed by atoms with Gasteiger partial charge in [0.1, 0.15) is 0 Å². The molecule has 2 aliphatic carbocycles. The molecule has 0 heteroatoms. The first-order valence-corrected chi connectivity index (χ1v) is 9.68. The van der Waals surface area contributed by atoms with Crippen molar-refractivity contribution in [3.05, 3.63) is 11.6 Å². The molecule has 0 aromatic rings. The van der Waals surface area contributed by atoms with Crippen LogP contribution in [0.2, 0.25) is 0 Å². The van der Waals surface area contributed by atoms with Crippen LogP contribution in [0, 0.1) is 29.1 Å². The Labute approximate surface area is 133 Å². The van der Waals surface area contributed by atoms with Crippen LogP contribution in [0.1, 0.15) is 92.4 Å². The van der Waals surface area contributed by atoms with Gasteiger partial charge in [0.2, 0.25) is 0 Å². The van der Waals surface area contributed by atoms with Crippen molar-refractivity contribution in [1.29, 1.82) is 0 Å². The quantitative estimate of drug-likeness (QED) is 0.462. The van der Waals surface area contributed by atoms with Crippen molar-refractivity contribution in [2.24, 2.45) is 29.1 Å². The summed E-state index contributed by atoms with van der Waals surface area (Å²) >= 11 is 0. The van der Waals surface area contributed by atoms with Gasteiger partial charge in [-0.3, -0.25) is 0 Å². The Kier molecular flexibility index (Phi) is 5.97. The van der Waals surface area contributed by atoms with Gasteiger partial charge in [0.25, 0.3) is 0 Å². The van der Waals surface area contributed by atoms with Crippen molar-refractivity contribution in [3.63, 3.8) is 0 Å². The summed E-state index contributed by atoms with van der Waals surface area (Å²) in [5.41, 5.74) is 2.44. The van der Waals surface area contributed by atoms with Gasteiger partial charge < -0.3 is 0 Å². The zero-order valence-electron chi connectivity index (χ0n) is 15.3. The lowest BCUT2D eigenvalue weighted by atomic mass is 9.60. The molecule has 0 aromatic carbocycles. The van der Waals surface area contributed by atoms with E-state index in [0.717, 1.165) is 23.7 Å². The Balaban J connectivity index is 2.00. The van der Waals surface area contributed by atoms with E-state index in [9.17, 15) is 0 Å². The highest BCUT2D eigenvalue weighted by Gasteiger charge is 2.50. The highest BCUT2D eigenvalue weighted by Crippen LogP contribution is 2.59. The summed E-state index contributed by atoms with van der Waals surface area (Å²) in [4.78, 5) is 0. The van der Waals surface area contributed by atoms with Gasteiger partial charge in [0.15, 0.2) is 0 Å². The molecule has 0 aliphatic heterocycles. The molecule has 0 heterocycles. The van der Waals surface area contributed by atoms with Crippen molar-refractivity contribution in [1.82, 2.24) is 0 Å². The van der Waals surface area contributed by atoms with E-state index in [1.165, 1.54) is 57.8 Å². The van der Waals surface area contributed by atoms with E-state index in [1.807, 2.05) is 5.57 Å². The second-order valence-corrected chi connectivity index (χ2v) is 8.59. The smallest absolute Gasteiger partial charge is 0.0146 e. The normalized spacial score (nSPS) is 36.2. The molecule has 122 valence electrons. The van der Waals surface area contributed by atoms with Gasteiger partial charge in [0.05, 0.1) is 0 Å². The first-order chi connectivity index (χ1) is 9.99. The van der Waals surface area contributed by atoms with Crippen LogP contribution < -0.4 is 0 Å². The standard InChI is InChI=1S/C21H38/c1-6-9-18-12-8-15-21(5)19(13-14-20(18)21)17(4)11-7-10-16(2)3/h9,16-17,19-20H,6-8,10-15H2,1-5H3/b18-9+/t17-,19?,20+,21-/m1/s1. The van der Waals surface area contributed by atoms with Crippen molar-refractivity contribution < 1.29 is 0 Å². The maximum absolute atomic E-state index is 2.64. The van der Waals surface area contributed by atoms with Crippen LogP contribution in [0.15, 0.2) is 11.6 Å². The highest BCUT2D eigenvalue weighted by molar-refractivity contribution is 5.18. The van der Waals surface area contributed by atoms with Gasteiger partial charge >= 0.3 is 0 Å². The second kappa shape index (κ2) is 7.34. The zero-order valence-corrected chi connectivity index (χ0v) is 15.3. The summed E-state index contributed by atoms with van der Waals surface area (Å²) in [6.07, 6.45) is 15.4. The summed E-state index contributed by atoms with van der Waals surface area (Å²) in [5.74, 6) is 3.71. The third-order valence-electron chi connectivity index (χ3n) is 6.63. The van der Waals surface area contributed by atoms with Gasteiger partial charge in [-0.2, -0.15) is 0 Å². The van der Waals surface area contributed by atoms with E-state index in [0.29, 0.717) is 5.41 Å². The Hall–Kier alpha value is -0.260. The predicted molar refractivity (Wildman–Crippen MR) is 94.4 cm³/mol. The lowest BCUT2D eigenvalue weighted by molar-refractivity contribution is 0.0926. The molecule has 0 radical (unpaired) electrons. The summed E-state index contributed by atoms with van der Waals surface area (Å²) in [5, 5.41) is 0. The van der Waals surface area contributed by atoms with Gasteiger partial charge in [-0.25, -0.2) is 0 Å². The largest absolute Gasteiger partial charge is 0.0853 e. The van der Waals surface area contributed by atoms with E-state index >= 15 is 0 Å². The van der Waals surface area contributed by atoms with Crippen LogP contribution >= 0.6 is 0 Å². The zero-order chi connectivity index (χ0) is 15.5. The summed E-state index contributed by atoms with van der Waals surface area (Å²) in [6, 6.07) is 0. The van der Waals surface area contributed by atoms with Crippen molar-refractivity contribution in [2.75, 3.05) is 0 Å². The third-order valence-corrected chi connectivity index (χ3v) is 6.63. The Morgan fingerprint density at radius 3 is 2.62 bits per heavy atom. The number of allylic oxidation sites excluding steroid dienone is 2. The Morgan fingerprint density at radius 2 is 1.95 bits per heavy atom. The molecule has 0 amide bonds. The molecule has 21 heavy (non-hydrogen) atoms. The number of hydrogen-bond acceptors (Lipinski definition) is 0. The maximum Gasteiger partial charge on any atom is -0.0146 e. The lowest BCUT2D eigenvalue weighted by Gasteiger charge is -2.44. The summed E-state index contributed by atoms with van der Waals surface area (Å²) in [7, 11) is 0. The maximum atomic E-state index is 2.64. The minimum atomic E-state index is 0.622. The average Bonchev–Trinajstić information content (AvgIpc) is 2.76. The van der Waals surface area contributed by atoms with Crippen LogP contribution in [0.5, 0.6) is 0 Å². The molecule has 2 aliphatic rings. The molecule has 4 atom stereocenters. The topological polar surface area (TPSA) is 0 Å². The number of fused-ring (bicyclic) bond motifs is 1. The van der Waals surface area contributed by atoms with Crippen LogP contribution in [0.25, 0.3) is 0 Å². The van der Waals surface area contributed by atoms with E-state index < -0.39 is 0 Å². The molecular weight excluding hydrogens is 252 g/mol. The fourth-order valence-corrected chi connectivity index (χ4v) is 5.57. The summed E-state index contributed by atoms with van der Waals surface area (Å²) in [6.45, 7) is 12.2. The van der Waals surface area contributed by atoms with Crippen molar-refractivity contribution in [2.45, 2.75) is 92.4 Å². The second-order valence-electron chi connectivity index (χ2n) is 8.59. The van der Waals surface area contributed by atoms with Crippen molar-refractivity contribution in [3.8, 4) is 0 Å². The fourth-order valence-electron chi connectivity index (χ4n) is 5.57. The lowest BCUT2D eigenvalue weighted by Crippen LogP contribution is -2.36.